The van der Waals surface area contributed by atoms with Crippen LogP contribution in [-0.4, -0.2) is 10.1 Å². The van der Waals surface area contributed by atoms with Crippen molar-refractivity contribution in [2.75, 3.05) is 4.90 Å². The molecule has 0 spiro atoms. The van der Waals surface area contributed by atoms with Crippen LogP contribution in [0, 0.1) is 20.8 Å². The summed E-state index contributed by atoms with van der Waals surface area (Å²) in [5.74, 6) is 1.58. The Morgan fingerprint density at radius 3 is 2.48 bits per heavy atom. The second-order valence-electron chi connectivity index (χ2n) is 8.43. The van der Waals surface area contributed by atoms with Crippen molar-refractivity contribution in [1.82, 2.24) is 10.3 Å². The average molecular weight is 474 g/mol. The summed E-state index contributed by atoms with van der Waals surface area (Å²) in [7, 11) is 0. The topological polar surface area (TPSA) is 41.3 Å². The lowest BCUT2D eigenvalue weighted by Gasteiger charge is -2.26. The van der Waals surface area contributed by atoms with Crippen LogP contribution in [0.25, 0.3) is 11.3 Å². The molecule has 1 aliphatic heterocycles. The highest BCUT2D eigenvalue weighted by Crippen LogP contribution is 2.43. The average Bonchev–Trinajstić information content (AvgIpc) is 3.43. The van der Waals surface area contributed by atoms with Crippen LogP contribution in [0.1, 0.15) is 40.2 Å². The summed E-state index contributed by atoms with van der Waals surface area (Å²) in [6, 6.07) is 22.0. The minimum absolute atomic E-state index is 0.152. The number of rotatable bonds is 4. The highest BCUT2D eigenvalue weighted by Gasteiger charge is 2.42. The lowest BCUT2D eigenvalue weighted by molar-refractivity contribution is 0.439. The molecule has 0 aliphatic carbocycles. The Kier molecular flexibility index (Phi) is 5.69. The van der Waals surface area contributed by atoms with Gasteiger partial charge in [0.15, 0.2) is 5.11 Å². The van der Waals surface area contributed by atoms with Gasteiger partial charge in [-0.1, -0.05) is 35.9 Å². The molecule has 0 amide bonds. The number of furan rings is 1. The Bertz CT molecular complexity index is 1330. The van der Waals surface area contributed by atoms with Crippen molar-refractivity contribution in [2.45, 2.75) is 32.9 Å². The van der Waals surface area contributed by atoms with Gasteiger partial charge in [0.2, 0.25) is 0 Å². The fraction of sp³-hybridized carbons (Fsp3) is 0.185. The molecule has 4 aromatic rings. The molecule has 4 nitrogen and oxygen atoms in total. The second kappa shape index (κ2) is 8.65. The smallest absolute Gasteiger partial charge is 0.174 e. The van der Waals surface area contributed by atoms with Crippen molar-refractivity contribution >= 4 is 34.6 Å². The SMILES string of the molecule is Cc1ccc(N2C(=S)NC(c3ccccn3)C2c2ccc(-c3ccc(C)c(Cl)c3)o2)cc1C. The Morgan fingerprint density at radius 1 is 0.939 bits per heavy atom. The predicted molar refractivity (Wildman–Crippen MR) is 138 cm³/mol. The Hall–Kier alpha value is -3.15. The molecule has 2 aromatic heterocycles. The molecule has 0 bridgehead atoms. The summed E-state index contributed by atoms with van der Waals surface area (Å²) < 4.78 is 6.43. The molecule has 33 heavy (non-hydrogen) atoms. The molecule has 1 saturated heterocycles. The predicted octanol–water partition coefficient (Wildman–Crippen LogP) is 7.10. The number of nitrogens with zero attached hydrogens (tertiary/aromatic N) is 2. The zero-order chi connectivity index (χ0) is 23.1. The number of hydrogen-bond acceptors (Lipinski definition) is 3. The number of anilines is 1. The quantitative estimate of drug-likeness (QED) is 0.320. The lowest BCUT2D eigenvalue weighted by atomic mass is 10.0. The molecule has 2 aromatic carbocycles. The maximum atomic E-state index is 6.43. The Labute approximate surface area is 204 Å². The molecule has 166 valence electrons. The molecule has 1 aliphatic rings. The van der Waals surface area contributed by atoms with Crippen LogP contribution in [-0.2, 0) is 0 Å². The van der Waals surface area contributed by atoms with Crippen molar-refractivity contribution in [1.29, 1.82) is 0 Å². The van der Waals surface area contributed by atoms with Crippen LogP contribution in [0.3, 0.4) is 0 Å². The third-order valence-corrected chi connectivity index (χ3v) is 6.96. The van der Waals surface area contributed by atoms with E-state index in [2.05, 4.69) is 47.2 Å². The van der Waals surface area contributed by atoms with Gasteiger partial charge in [-0.25, -0.2) is 0 Å². The van der Waals surface area contributed by atoms with Gasteiger partial charge < -0.3 is 14.6 Å². The number of thiocarbonyl (C=S) groups is 1. The summed E-state index contributed by atoms with van der Waals surface area (Å²) in [6.45, 7) is 6.21. The Balaban J connectivity index is 1.61. The Morgan fingerprint density at radius 2 is 1.76 bits per heavy atom. The summed E-state index contributed by atoms with van der Waals surface area (Å²) in [6.07, 6.45) is 1.80. The first-order chi connectivity index (χ1) is 15.9. The zero-order valence-electron chi connectivity index (χ0n) is 18.7. The molecular weight excluding hydrogens is 450 g/mol. The van der Waals surface area contributed by atoms with Gasteiger partial charge in [-0.15, -0.1) is 0 Å². The van der Waals surface area contributed by atoms with E-state index in [4.69, 9.17) is 28.2 Å². The molecule has 2 unspecified atom stereocenters. The zero-order valence-corrected chi connectivity index (χ0v) is 20.2. The number of halogens is 1. The van der Waals surface area contributed by atoms with Crippen molar-refractivity contribution in [3.63, 3.8) is 0 Å². The van der Waals surface area contributed by atoms with Crippen LogP contribution < -0.4 is 10.2 Å². The van der Waals surface area contributed by atoms with Gasteiger partial charge in [0.05, 0.1) is 11.7 Å². The molecule has 1 fully saturated rings. The fourth-order valence-electron chi connectivity index (χ4n) is 4.21. The van der Waals surface area contributed by atoms with Gasteiger partial charge in [-0.05, 0) is 92.1 Å². The third kappa shape index (κ3) is 4.03. The third-order valence-electron chi connectivity index (χ3n) is 6.24. The first-order valence-electron chi connectivity index (χ1n) is 10.9. The molecule has 6 heteroatoms. The van der Waals surface area contributed by atoms with E-state index in [1.165, 1.54) is 11.1 Å². The lowest BCUT2D eigenvalue weighted by Crippen LogP contribution is -2.29. The molecular formula is C27H24ClN3OS. The highest BCUT2D eigenvalue weighted by molar-refractivity contribution is 7.80. The first-order valence-corrected chi connectivity index (χ1v) is 11.6. The van der Waals surface area contributed by atoms with E-state index in [9.17, 15) is 0 Å². The van der Waals surface area contributed by atoms with Crippen LogP contribution in [0.2, 0.25) is 5.02 Å². The minimum atomic E-state index is -0.191. The van der Waals surface area contributed by atoms with Gasteiger partial charge in [0.1, 0.15) is 17.6 Å². The van der Waals surface area contributed by atoms with Crippen molar-refractivity contribution in [3.05, 3.63) is 106 Å². The van der Waals surface area contributed by atoms with E-state index >= 15 is 0 Å². The minimum Gasteiger partial charge on any atom is -0.459 e. The maximum Gasteiger partial charge on any atom is 0.174 e. The molecule has 5 rings (SSSR count). The van der Waals surface area contributed by atoms with Crippen molar-refractivity contribution < 1.29 is 4.42 Å². The summed E-state index contributed by atoms with van der Waals surface area (Å²) in [5.41, 5.74) is 6.37. The monoisotopic (exact) mass is 473 g/mol. The largest absolute Gasteiger partial charge is 0.459 e. The van der Waals surface area contributed by atoms with Gasteiger partial charge in [-0.2, -0.15) is 0 Å². The van der Waals surface area contributed by atoms with E-state index in [-0.39, 0.29) is 12.1 Å². The normalized spacial score (nSPS) is 17.9. The van der Waals surface area contributed by atoms with E-state index in [0.717, 1.165) is 39.1 Å². The van der Waals surface area contributed by atoms with Crippen molar-refractivity contribution in [2.24, 2.45) is 0 Å². The number of hydrogen-bond donors (Lipinski definition) is 1. The number of pyridine rings is 1. The fourth-order valence-corrected chi connectivity index (χ4v) is 4.74. The van der Waals surface area contributed by atoms with E-state index in [0.29, 0.717) is 5.11 Å². The van der Waals surface area contributed by atoms with Gasteiger partial charge in [0, 0.05) is 22.5 Å². The maximum absolute atomic E-state index is 6.43. The number of benzene rings is 2. The molecule has 0 saturated carbocycles. The van der Waals surface area contributed by atoms with Gasteiger partial charge in [-0.3, -0.25) is 4.98 Å². The van der Waals surface area contributed by atoms with E-state index in [1.54, 1.807) is 6.20 Å². The highest BCUT2D eigenvalue weighted by atomic mass is 35.5. The summed E-state index contributed by atoms with van der Waals surface area (Å²) in [4.78, 5) is 6.74. The summed E-state index contributed by atoms with van der Waals surface area (Å²) in [5, 5.41) is 4.85. The van der Waals surface area contributed by atoms with Crippen LogP contribution in [0.15, 0.2) is 77.3 Å². The van der Waals surface area contributed by atoms with Crippen LogP contribution >= 0.6 is 23.8 Å². The van der Waals surface area contributed by atoms with Crippen LogP contribution in [0.5, 0.6) is 0 Å². The number of aryl methyl sites for hydroxylation is 3. The second-order valence-corrected chi connectivity index (χ2v) is 9.23. The van der Waals surface area contributed by atoms with Crippen molar-refractivity contribution in [3.8, 4) is 11.3 Å². The number of nitrogens with one attached hydrogen (secondary N) is 1. The van der Waals surface area contributed by atoms with Gasteiger partial charge in [0.25, 0.3) is 0 Å². The van der Waals surface area contributed by atoms with E-state index < -0.39 is 0 Å². The molecule has 2 atom stereocenters. The first kappa shape index (κ1) is 21.7. The van der Waals surface area contributed by atoms with Gasteiger partial charge >= 0.3 is 0 Å². The molecule has 3 heterocycles. The van der Waals surface area contributed by atoms with Crippen LogP contribution in [0.4, 0.5) is 5.69 Å². The molecule has 1 N–H and O–H groups in total. The number of aromatic nitrogens is 1. The standard InChI is InChI=1S/C27H24ClN3OS/c1-16-8-10-20(14-18(16)3)31-26(25(30-27(31)33)22-6-4-5-13-29-22)24-12-11-23(32-24)19-9-7-17(2)21(28)15-19/h4-15,25-26H,1-3H3,(H,30,33). The van der Waals surface area contributed by atoms with E-state index in [1.807, 2.05) is 55.5 Å². The summed E-state index contributed by atoms with van der Waals surface area (Å²) >= 11 is 12.2. The molecule has 0 radical (unpaired) electrons.